The normalized spacial score (nSPS) is 11.1. The molecular formula is C26H31ClN2O3. The van der Waals surface area contributed by atoms with E-state index in [0.29, 0.717) is 33.7 Å². The molecule has 2 aromatic carbocycles. The highest BCUT2D eigenvalue weighted by Crippen LogP contribution is 2.30. The van der Waals surface area contributed by atoms with Crippen LogP contribution in [0.15, 0.2) is 42.5 Å². The highest BCUT2D eigenvalue weighted by Gasteiger charge is 2.21. The van der Waals surface area contributed by atoms with E-state index in [9.17, 15) is 14.7 Å². The van der Waals surface area contributed by atoms with Crippen molar-refractivity contribution < 1.29 is 14.7 Å². The van der Waals surface area contributed by atoms with Crippen LogP contribution in [0.4, 0.5) is 0 Å². The number of carbonyl (C=O) groups is 2. The summed E-state index contributed by atoms with van der Waals surface area (Å²) in [5.41, 5.74) is 2.61. The van der Waals surface area contributed by atoms with Crippen LogP contribution in [-0.4, -0.2) is 28.0 Å². The number of amides is 1. The third-order valence-corrected chi connectivity index (χ3v) is 6.05. The van der Waals surface area contributed by atoms with Crippen molar-refractivity contribution in [2.24, 2.45) is 0 Å². The lowest BCUT2D eigenvalue weighted by molar-refractivity contribution is -0.120. The highest BCUT2D eigenvalue weighted by atomic mass is 35.5. The fourth-order valence-corrected chi connectivity index (χ4v) is 4.16. The highest BCUT2D eigenvalue weighted by molar-refractivity contribution is 6.30. The fraction of sp³-hybridized carbons (Fsp3) is 0.385. The van der Waals surface area contributed by atoms with Crippen molar-refractivity contribution in [3.63, 3.8) is 0 Å². The maximum Gasteiger partial charge on any atom is 0.262 e. The summed E-state index contributed by atoms with van der Waals surface area (Å²) in [6.07, 6.45) is 7.16. The van der Waals surface area contributed by atoms with E-state index in [2.05, 4.69) is 12.2 Å². The molecule has 6 heteroatoms. The van der Waals surface area contributed by atoms with E-state index >= 15 is 0 Å². The van der Waals surface area contributed by atoms with Crippen LogP contribution in [0.2, 0.25) is 5.02 Å². The summed E-state index contributed by atoms with van der Waals surface area (Å²) in [7, 11) is 0. The van der Waals surface area contributed by atoms with Gasteiger partial charge in [-0.15, -0.1) is 0 Å². The van der Waals surface area contributed by atoms with E-state index < -0.39 is 0 Å². The predicted octanol–water partition coefficient (Wildman–Crippen LogP) is 6.02. The fourth-order valence-electron chi connectivity index (χ4n) is 4.03. The van der Waals surface area contributed by atoms with Crippen LogP contribution in [0.3, 0.4) is 0 Å². The first-order valence-electron chi connectivity index (χ1n) is 11.3. The maximum atomic E-state index is 13.3. The van der Waals surface area contributed by atoms with E-state index in [-0.39, 0.29) is 24.0 Å². The molecule has 170 valence electrons. The van der Waals surface area contributed by atoms with E-state index in [0.717, 1.165) is 18.4 Å². The van der Waals surface area contributed by atoms with E-state index in [1.807, 2.05) is 6.92 Å². The number of phenols is 1. The van der Waals surface area contributed by atoms with E-state index in [1.165, 1.54) is 25.7 Å². The van der Waals surface area contributed by atoms with Crippen LogP contribution in [0, 0.1) is 6.92 Å². The molecule has 0 radical (unpaired) electrons. The Morgan fingerprint density at radius 3 is 2.41 bits per heavy atom. The van der Waals surface area contributed by atoms with Crippen molar-refractivity contribution in [2.45, 2.75) is 58.8 Å². The van der Waals surface area contributed by atoms with Crippen LogP contribution < -0.4 is 5.32 Å². The van der Waals surface area contributed by atoms with Crippen molar-refractivity contribution in [2.75, 3.05) is 6.54 Å². The number of nitrogens with zero attached hydrogens (tertiary/aromatic N) is 1. The number of halogens is 1. The number of phenolic OH excluding ortho intramolecular Hbond substituents is 1. The van der Waals surface area contributed by atoms with Gasteiger partial charge in [0.15, 0.2) is 0 Å². The van der Waals surface area contributed by atoms with Gasteiger partial charge in [-0.3, -0.25) is 14.2 Å². The van der Waals surface area contributed by atoms with Crippen molar-refractivity contribution >= 4 is 34.3 Å². The first kappa shape index (κ1) is 23.9. The number of unbranched alkanes of at least 4 members (excludes halogenated alkanes) is 5. The van der Waals surface area contributed by atoms with E-state index in [1.54, 1.807) is 47.0 Å². The van der Waals surface area contributed by atoms with Gasteiger partial charge in [-0.1, -0.05) is 50.6 Å². The average molecular weight is 455 g/mol. The molecule has 0 aliphatic heterocycles. The number of rotatable bonds is 10. The van der Waals surface area contributed by atoms with Gasteiger partial charge in [0.05, 0.1) is 11.9 Å². The zero-order chi connectivity index (χ0) is 23.1. The molecule has 0 aliphatic carbocycles. The second-order valence-corrected chi connectivity index (χ2v) is 8.64. The molecule has 3 aromatic rings. The monoisotopic (exact) mass is 454 g/mol. The number of aromatic hydroxyl groups is 1. The van der Waals surface area contributed by atoms with Crippen LogP contribution in [0.1, 0.15) is 67.1 Å². The van der Waals surface area contributed by atoms with Gasteiger partial charge >= 0.3 is 0 Å². The van der Waals surface area contributed by atoms with Gasteiger partial charge in [0, 0.05) is 28.2 Å². The Labute approximate surface area is 194 Å². The third kappa shape index (κ3) is 5.71. The Hall–Kier alpha value is -2.79. The first-order valence-corrected chi connectivity index (χ1v) is 11.7. The smallest absolute Gasteiger partial charge is 0.262 e. The average Bonchev–Trinajstić information content (AvgIpc) is 3.04. The Morgan fingerprint density at radius 2 is 1.69 bits per heavy atom. The van der Waals surface area contributed by atoms with E-state index in [4.69, 9.17) is 11.6 Å². The summed E-state index contributed by atoms with van der Waals surface area (Å²) in [6, 6.07) is 11.6. The van der Waals surface area contributed by atoms with Gasteiger partial charge in [0.25, 0.3) is 5.91 Å². The zero-order valence-corrected chi connectivity index (χ0v) is 19.5. The lowest BCUT2D eigenvalue weighted by Gasteiger charge is -2.08. The second kappa shape index (κ2) is 11.2. The molecule has 5 nitrogen and oxygen atoms in total. The SMILES string of the molecule is CCCCCCCCNC(=O)Cc1c(C)n(C(=O)c2ccc(Cl)cc2)c2ccc(O)cc12. The third-order valence-electron chi connectivity index (χ3n) is 5.80. The van der Waals surface area contributed by atoms with Crippen molar-refractivity contribution in [1.29, 1.82) is 0 Å². The summed E-state index contributed by atoms with van der Waals surface area (Å²) in [5, 5.41) is 14.3. The summed E-state index contributed by atoms with van der Waals surface area (Å²) >= 11 is 5.96. The molecule has 0 unspecified atom stereocenters. The number of hydrogen-bond donors (Lipinski definition) is 2. The van der Waals surface area contributed by atoms with Gasteiger partial charge in [-0.25, -0.2) is 0 Å². The van der Waals surface area contributed by atoms with Crippen LogP contribution in [0.25, 0.3) is 10.9 Å². The van der Waals surface area contributed by atoms with Gasteiger partial charge in [0.1, 0.15) is 5.75 Å². The maximum absolute atomic E-state index is 13.3. The molecule has 0 atom stereocenters. The van der Waals surface area contributed by atoms with Gasteiger partial charge in [0.2, 0.25) is 5.91 Å². The standard InChI is InChI=1S/C26H31ClN2O3/c1-3-4-5-6-7-8-15-28-25(31)17-22-18(2)29(24-14-13-21(30)16-23(22)24)26(32)19-9-11-20(27)12-10-19/h9-14,16,30H,3-8,15,17H2,1-2H3,(H,28,31). The summed E-state index contributed by atoms with van der Waals surface area (Å²) in [5.74, 6) is -0.182. The van der Waals surface area contributed by atoms with Gasteiger partial charge in [-0.05, 0) is 61.4 Å². The van der Waals surface area contributed by atoms with Crippen LogP contribution in [0.5, 0.6) is 5.75 Å². The summed E-state index contributed by atoms with van der Waals surface area (Å²) in [6.45, 7) is 4.68. The molecular weight excluding hydrogens is 424 g/mol. The van der Waals surface area contributed by atoms with Crippen molar-refractivity contribution in [3.05, 3.63) is 64.3 Å². The molecule has 0 aliphatic rings. The lowest BCUT2D eigenvalue weighted by Crippen LogP contribution is -2.26. The molecule has 0 saturated heterocycles. The Bertz CT molecular complexity index is 1090. The molecule has 0 fully saturated rings. The van der Waals surface area contributed by atoms with Crippen molar-refractivity contribution in [1.82, 2.24) is 9.88 Å². The second-order valence-electron chi connectivity index (χ2n) is 8.21. The topological polar surface area (TPSA) is 71.3 Å². The number of fused-ring (bicyclic) bond motifs is 1. The lowest BCUT2D eigenvalue weighted by atomic mass is 10.1. The molecule has 3 rings (SSSR count). The number of nitrogens with one attached hydrogen (secondary N) is 1. The molecule has 32 heavy (non-hydrogen) atoms. The Kier molecular flexibility index (Phi) is 8.34. The van der Waals surface area contributed by atoms with Gasteiger partial charge in [-0.2, -0.15) is 0 Å². The van der Waals surface area contributed by atoms with Crippen LogP contribution >= 0.6 is 11.6 Å². The van der Waals surface area contributed by atoms with Gasteiger partial charge < -0.3 is 10.4 Å². The first-order chi connectivity index (χ1) is 15.4. The predicted molar refractivity (Wildman–Crippen MR) is 130 cm³/mol. The number of benzene rings is 2. The Morgan fingerprint density at radius 1 is 1.00 bits per heavy atom. The molecule has 2 N–H and O–H groups in total. The molecule has 1 heterocycles. The minimum Gasteiger partial charge on any atom is -0.508 e. The summed E-state index contributed by atoms with van der Waals surface area (Å²) < 4.78 is 1.61. The zero-order valence-electron chi connectivity index (χ0n) is 18.8. The largest absolute Gasteiger partial charge is 0.508 e. The molecule has 0 bridgehead atoms. The molecule has 1 aromatic heterocycles. The number of hydrogen-bond acceptors (Lipinski definition) is 3. The minimum atomic E-state index is -0.200. The number of carbonyl (C=O) groups excluding carboxylic acids is 2. The van der Waals surface area contributed by atoms with Crippen molar-refractivity contribution in [3.8, 4) is 5.75 Å². The minimum absolute atomic E-state index is 0.0806. The van der Waals surface area contributed by atoms with Crippen LogP contribution in [-0.2, 0) is 11.2 Å². The number of aromatic nitrogens is 1. The molecule has 1 amide bonds. The Balaban J connectivity index is 1.78. The molecule has 0 saturated carbocycles. The summed E-state index contributed by atoms with van der Waals surface area (Å²) in [4.78, 5) is 25.9. The quantitative estimate of drug-likeness (QED) is 0.368. The molecule has 0 spiro atoms.